The predicted molar refractivity (Wildman–Crippen MR) is 101 cm³/mol. The fourth-order valence-corrected chi connectivity index (χ4v) is 5.07. The minimum atomic E-state index is -0.765. The third-order valence-corrected chi connectivity index (χ3v) is 6.68. The Kier molecular flexibility index (Phi) is 6.73. The van der Waals surface area contributed by atoms with E-state index in [0.717, 1.165) is 18.9 Å². The number of carbonyl (C=O) groups excluding carboxylic acids is 3. The number of amides is 2. The standard InChI is InChI=1S/C20H33N3O4/c1-23-12-15(13-6-4-3-5-7-13)11-17(23)19(25)22-16(20(26)27-2)10-14-8-9-21-18(14)24/h13-17H,3-12H2,1-2H3,(H,21,24)(H,22,25)/t14-,15+,16-,17-/m0/s1. The lowest BCUT2D eigenvalue weighted by atomic mass is 9.79. The highest BCUT2D eigenvalue weighted by atomic mass is 16.5. The maximum absolute atomic E-state index is 12.9. The average Bonchev–Trinajstić information content (AvgIpc) is 3.27. The number of rotatable bonds is 6. The molecule has 2 aliphatic heterocycles. The minimum Gasteiger partial charge on any atom is -0.467 e. The van der Waals surface area contributed by atoms with Gasteiger partial charge in [-0.15, -0.1) is 0 Å². The van der Waals surface area contributed by atoms with Gasteiger partial charge in [-0.1, -0.05) is 32.1 Å². The summed E-state index contributed by atoms with van der Waals surface area (Å²) < 4.78 is 4.87. The molecule has 0 aromatic rings. The summed E-state index contributed by atoms with van der Waals surface area (Å²) in [4.78, 5) is 39.0. The van der Waals surface area contributed by atoms with Gasteiger partial charge in [-0.2, -0.15) is 0 Å². The van der Waals surface area contributed by atoms with Gasteiger partial charge in [0, 0.05) is 19.0 Å². The molecule has 2 amide bonds. The van der Waals surface area contributed by atoms with Gasteiger partial charge < -0.3 is 15.4 Å². The van der Waals surface area contributed by atoms with Crippen molar-refractivity contribution in [2.75, 3.05) is 27.2 Å². The Morgan fingerprint density at radius 2 is 1.96 bits per heavy atom. The van der Waals surface area contributed by atoms with Crippen LogP contribution in [0.5, 0.6) is 0 Å². The highest BCUT2D eigenvalue weighted by Gasteiger charge is 2.40. The van der Waals surface area contributed by atoms with E-state index in [9.17, 15) is 14.4 Å². The number of hydrogen-bond donors (Lipinski definition) is 2. The maximum atomic E-state index is 12.9. The van der Waals surface area contributed by atoms with Gasteiger partial charge in [-0.05, 0) is 38.1 Å². The molecule has 152 valence electrons. The van der Waals surface area contributed by atoms with Gasteiger partial charge in [-0.25, -0.2) is 4.79 Å². The number of likely N-dealkylation sites (N-methyl/N-ethyl adjacent to an activating group) is 1. The van der Waals surface area contributed by atoms with Crippen LogP contribution in [0, 0.1) is 17.8 Å². The van der Waals surface area contributed by atoms with E-state index in [-0.39, 0.29) is 23.8 Å². The molecule has 2 N–H and O–H groups in total. The second-order valence-corrected chi connectivity index (χ2v) is 8.45. The number of ether oxygens (including phenoxy) is 1. The molecule has 0 unspecified atom stereocenters. The van der Waals surface area contributed by atoms with Crippen molar-refractivity contribution in [2.45, 2.75) is 63.5 Å². The molecule has 3 rings (SSSR count). The first-order valence-corrected chi connectivity index (χ1v) is 10.4. The lowest BCUT2D eigenvalue weighted by Crippen LogP contribution is -2.49. The molecule has 27 heavy (non-hydrogen) atoms. The summed E-state index contributed by atoms with van der Waals surface area (Å²) in [6, 6.07) is -0.972. The van der Waals surface area contributed by atoms with Crippen molar-refractivity contribution in [1.82, 2.24) is 15.5 Å². The van der Waals surface area contributed by atoms with Crippen LogP contribution >= 0.6 is 0 Å². The molecule has 3 aliphatic rings. The number of nitrogens with zero attached hydrogens (tertiary/aromatic N) is 1. The fraction of sp³-hybridized carbons (Fsp3) is 0.850. The zero-order valence-electron chi connectivity index (χ0n) is 16.5. The van der Waals surface area contributed by atoms with E-state index in [1.54, 1.807) is 0 Å². The number of hydrogen-bond acceptors (Lipinski definition) is 5. The molecule has 0 aromatic carbocycles. The topological polar surface area (TPSA) is 87.7 Å². The maximum Gasteiger partial charge on any atom is 0.328 e. The van der Waals surface area contributed by atoms with E-state index in [4.69, 9.17) is 4.74 Å². The van der Waals surface area contributed by atoms with Crippen molar-refractivity contribution in [3.63, 3.8) is 0 Å². The Balaban J connectivity index is 1.59. The molecule has 0 bridgehead atoms. The summed E-state index contributed by atoms with van der Waals surface area (Å²) in [6.07, 6.45) is 8.32. The number of likely N-dealkylation sites (tertiary alicyclic amines) is 1. The summed E-state index contributed by atoms with van der Waals surface area (Å²) in [6.45, 7) is 1.57. The van der Waals surface area contributed by atoms with Crippen LogP contribution in [0.3, 0.4) is 0 Å². The van der Waals surface area contributed by atoms with Crippen LogP contribution in [-0.4, -0.2) is 62.0 Å². The molecule has 7 heteroatoms. The lowest BCUT2D eigenvalue weighted by Gasteiger charge is -2.27. The van der Waals surface area contributed by atoms with E-state index in [1.807, 2.05) is 7.05 Å². The summed E-state index contributed by atoms with van der Waals surface area (Å²) in [5.41, 5.74) is 0. The molecular weight excluding hydrogens is 346 g/mol. The Bertz CT molecular complexity index is 561. The van der Waals surface area contributed by atoms with Crippen molar-refractivity contribution >= 4 is 17.8 Å². The quantitative estimate of drug-likeness (QED) is 0.674. The van der Waals surface area contributed by atoms with E-state index in [1.165, 1.54) is 39.2 Å². The minimum absolute atomic E-state index is 0.0477. The molecule has 1 aliphatic carbocycles. The highest BCUT2D eigenvalue weighted by molar-refractivity contribution is 5.88. The van der Waals surface area contributed by atoms with Crippen molar-refractivity contribution in [3.05, 3.63) is 0 Å². The second kappa shape index (κ2) is 9.04. The van der Waals surface area contributed by atoms with Gasteiger partial charge in [0.25, 0.3) is 0 Å². The smallest absolute Gasteiger partial charge is 0.328 e. The van der Waals surface area contributed by atoms with E-state index >= 15 is 0 Å². The number of carbonyl (C=O) groups is 3. The first-order chi connectivity index (χ1) is 13.0. The summed E-state index contributed by atoms with van der Waals surface area (Å²) in [5.74, 6) is 0.386. The van der Waals surface area contributed by atoms with E-state index < -0.39 is 12.0 Å². The first-order valence-electron chi connectivity index (χ1n) is 10.4. The van der Waals surface area contributed by atoms with Gasteiger partial charge >= 0.3 is 5.97 Å². The average molecular weight is 380 g/mol. The predicted octanol–water partition coefficient (Wildman–Crippen LogP) is 1.07. The van der Waals surface area contributed by atoms with Crippen LogP contribution in [0.2, 0.25) is 0 Å². The van der Waals surface area contributed by atoms with Crippen LogP contribution in [0.25, 0.3) is 0 Å². The Morgan fingerprint density at radius 3 is 2.59 bits per heavy atom. The molecule has 7 nitrogen and oxygen atoms in total. The SMILES string of the molecule is COC(=O)[C@H](C[C@@H]1CCNC1=O)NC(=O)[C@@H]1C[C@@H](C2CCCCC2)CN1C. The summed E-state index contributed by atoms with van der Waals surface area (Å²) in [7, 11) is 3.31. The number of esters is 1. The van der Waals surface area contributed by atoms with Crippen molar-refractivity contribution in [3.8, 4) is 0 Å². The van der Waals surface area contributed by atoms with Crippen LogP contribution in [0.4, 0.5) is 0 Å². The normalized spacial score (nSPS) is 30.7. The third-order valence-electron chi connectivity index (χ3n) is 6.68. The number of nitrogens with one attached hydrogen (secondary N) is 2. The Morgan fingerprint density at radius 1 is 1.22 bits per heavy atom. The van der Waals surface area contributed by atoms with Crippen LogP contribution < -0.4 is 10.6 Å². The molecule has 4 atom stereocenters. The molecule has 0 aromatic heterocycles. The molecule has 3 fully saturated rings. The molecule has 2 saturated heterocycles. The zero-order chi connectivity index (χ0) is 19.4. The third kappa shape index (κ3) is 4.81. The molecule has 0 spiro atoms. The van der Waals surface area contributed by atoms with Gasteiger partial charge in [0.05, 0.1) is 13.2 Å². The molecule has 2 heterocycles. The Labute approximate surface area is 161 Å². The molecule has 0 radical (unpaired) electrons. The Hall–Kier alpha value is -1.63. The van der Waals surface area contributed by atoms with Gasteiger partial charge in [0.1, 0.15) is 6.04 Å². The summed E-state index contributed by atoms with van der Waals surface area (Å²) in [5, 5.41) is 5.65. The van der Waals surface area contributed by atoms with Crippen molar-refractivity contribution < 1.29 is 19.1 Å². The monoisotopic (exact) mass is 379 g/mol. The summed E-state index contributed by atoms with van der Waals surface area (Å²) >= 11 is 0. The van der Waals surface area contributed by atoms with Gasteiger partial charge in [0.2, 0.25) is 11.8 Å². The highest BCUT2D eigenvalue weighted by Crippen LogP contribution is 2.37. The number of methoxy groups -OCH3 is 1. The van der Waals surface area contributed by atoms with Crippen molar-refractivity contribution in [1.29, 1.82) is 0 Å². The first kappa shape index (κ1) is 20.1. The van der Waals surface area contributed by atoms with Gasteiger partial charge in [-0.3, -0.25) is 14.5 Å². The fourth-order valence-electron chi connectivity index (χ4n) is 5.07. The van der Waals surface area contributed by atoms with E-state index in [0.29, 0.717) is 25.3 Å². The lowest BCUT2D eigenvalue weighted by molar-refractivity contribution is -0.146. The zero-order valence-corrected chi connectivity index (χ0v) is 16.5. The second-order valence-electron chi connectivity index (χ2n) is 8.45. The van der Waals surface area contributed by atoms with Gasteiger partial charge in [0.15, 0.2) is 0 Å². The molecular formula is C20H33N3O4. The van der Waals surface area contributed by atoms with Crippen molar-refractivity contribution in [2.24, 2.45) is 17.8 Å². The van der Waals surface area contributed by atoms with Crippen LogP contribution in [0.1, 0.15) is 51.4 Å². The van der Waals surface area contributed by atoms with Crippen LogP contribution in [0.15, 0.2) is 0 Å². The molecule has 1 saturated carbocycles. The largest absolute Gasteiger partial charge is 0.467 e. The van der Waals surface area contributed by atoms with E-state index in [2.05, 4.69) is 15.5 Å². The van der Waals surface area contributed by atoms with Crippen LogP contribution in [-0.2, 0) is 19.1 Å².